The van der Waals surface area contributed by atoms with Crippen molar-refractivity contribution in [3.63, 3.8) is 0 Å². The third kappa shape index (κ3) is 7.33. The summed E-state index contributed by atoms with van der Waals surface area (Å²) in [5.41, 5.74) is 0. The number of guanidine groups is 1. The zero-order valence-electron chi connectivity index (χ0n) is 14.2. The highest BCUT2D eigenvalue weighted by molar-refractivity contribution is 5.80. The maximum Gasteiger partial charge on any atom is 0.407 e. The molecular formula is C16H30N4O2. The minimum absolute atomic E-state index is 0.0132. The predicted molar refractivity (Wildman–Crippen MR) is 90.1 cm³/mol. The first kappa shape index (κ1) is 18.3. The summed E-state index contributed by atoms with van der Waals surface area (Å²) in [5, 5.41) is 9.58. The number of carbonyl (C=O) groups excluding carboxylic acids is 1. The van der Waals surface area contributed by atoms with Gasteiger partial charge in [0.05, 0.1) is 6.61 Å². The Balaban J connectivity index is 2.43. The normalized spacial score (nSPS) is 16.7. The highest BCUT2D eigenvalue weighted by Crippen LogP contribution is 2.09. The molecule has 22 heavy (non-hydrogen) atoms. The number of aliphatic imine (C=N–C) groups is 1. The summed E-state index contributed by atoms with van der Waals surface area (Å²) < 4.78 is 4.96. The Labute approximate surface area is 133 Å². The molecule has 0 spiro atoms. The largest absolute Gasteiger partial charge is 0.450 e. The maximum atomic E-state index is 11.6. The molecule has 1 unspecified atom stereocenters. The van der Waals surface area contributed by atoms with E-state index in [-0.39, 0.29) is 12.1 Å². The van der Waals surface area contributed by atoms with Gasteiger partial charge < -0.3 is 20.7 Å². The van der Waals surface area contributed by atoms with Crippen molar-refractivity contribution < 1.29 is 9.53 Å². The van der Waals surface area contributed by atoms with Crippen molar-refractivity contribution in [2.24, 2.45) is 10.9 Å². The summed E-state index contributed by atoms with van der Waals surface area (Å²) in [4.78, 5) is 15.9. The molecule has 0 fully saturated rings. The molecule has 0 saturated heterocycles. The number of ether oxygens (including phenoxy) is 1. The van der Waals surface area contributed by atoms with Crippen molar-refractivity contribution in [2.75, 3.05) is 20.2 Å². The lowest BCUT2D eigenvalue weighted by molar-refractivity contribution is 0.146. The zero-order valence-corrected chi connectivity index (χ0v) is 14.2. The zero-order chi connectivity index (χ0) is 16.4. The van der Waals surface area contributed by atoms with Crippen molar-refractivity contribution in [1.29, 1.82) is 0 Å². The highest BCUT2D eigenvalue weighted by Gasteiger charge is 2.16. The number of carbonyl (C=O) groups is 1. The fourth-order valence-corrected chi connectivity index (χ4v) is 2.44. The van der Waals surface area contributed by atoms with Crippen LogP contribution in [0.2, 0.25) is 0 Å². The first-order valence-electron chi connectivity index (χ1n) is 8.10. The number of amides is 1. The Bertz CT molecular complexity index is 386. The molecule has 1 atom stereocenters. The molecule has 0 aliphatic heterocycles. The van der Waals surface area contributed by atoms with E-state index in [0.29, 0.717) is 25.1 Å². The van der Waals surface area contributed by atoms with Crippen LogP contribution in [-0.2, 0) is 4.74 Å². The number of alkyl carbamates (subject to hydrolysis) is 1. The summed E-state index contributed by atoms with van der Waals surface area (Å²) >= 11 is 0. The lowest BCUT2D eigenvalue weighted by atomic mass is 10.0. The molecule has 1 aliphatic rings. The minimum atomic E-state index is -0.363. The number of nitrogens with zero attached hydrogens (tertiary/aromatic N) is 1. The first-order chi connectivity index (χ1) is 10.5. The molecule has 126 valence electrons. The molecule has 6 nitrogen and oxygen atoms in total. The van der Waals surface area contributed by atoms with Crippen molar-refractivity contribution in [1.82, 2.24) is 16.0 Å². The quantitative estimate of drug-likeness (QED) is 0.382. The third-order valence-corrected chi connectivity index (χ3v) is 3.44. The van der Waals surface area contributed by atoms with Gasteiger partial charge in [-0.25, -0.2) is 4.79 Å². The molecule has 1 rings (SSSR count). The van der Waals surface area contributed by atoms with Crippen LogP contribution in [0.25, 0.3) is 0 Å². The van der Waals surface area contributed by atoms with E-state index in [2.05, 4.69) is 46.9 Å². The summed E-state index contributed by atoms with van der Waals surface area (Å²) in [5.74, 6) is 1.26. The SMILES string of the molecule is CCOC(=O)NC(CNC(=NC)NC1CC=CC1)CC(C)C. The highest BCUT2D eigenvalue weighted by atomic mass is 16.5. The van der Waals surface area contributed by atoms with Gasteiger partial charge in [0, 0.05) is 25.7 Å². The smallest absolute Gasteiger partial charge is 0.407 e. The van der Waals surface area contributed by atoms with Crippen molar-refractivity contribution >= 4 is 12.1 Å². The molecule has 0 aromatic heterocycles. The summed E-state index contributed by atoms with van der Waals surface area (Å²) in [6, 6.07) is 0.423. The van der Waals surface area contributed by atoms with Crippen molar-refractivity contribution in [3.8, 4) is 0 Å². The monoisotopic (exact) mass is 310 g/mol. The molecule has 1 amide bonds. The van der Waals surface area contributed by atoms with Gasteiger partial charge in [-0.05, 0) is 32.1 Å². The molecule has 0 heterocycles. The molecule has 1 aliphatic carbocycles. The van der Waals surface area contributed by atoms with Gasteiger partial charge in [-0.2, -0.15) is 0 Å². The van der Waals surface area contributed by atoms with Gasteiger partial charge in [-0.3, -0.25) is 4.99 Å². The van der Waals surface area contributed by atoms with E-state index < -0.39 is 0 Å². The van der Waals surface area contributed by atoms with Crippen LogP contribution in [0.3, 0.4) is 0 Å². The predicted octanol–water partition coefficient (Wildman–Crippen LogP) is 2.03. The van der Waals surface area contributed by atoms with E-state index in [0.717, 1.165) is 25.2 Å². The van der Waals surface area contributed by atoms with Crippen LogP contribution in [-0.4, -0.2) is 44.3 Å². The van der Waals surface area contributed by atoms with E-state index in [4.69, 9.17) is 4.74 Å². The fourth-order valence-electron chi connectivity index (χ4n) is 2.44. The summed E-state index contributed by atoms with van der Waals surface area (Å²) in [7, 11) is 1.76. The first-order valence-corrected chi connectivity index (χ1v) is 8.10. The maximum absolute atomic E-state index is 11.6. The number of nitrogens with one attached hydrogen (secondary N) is 3. The number of hydrogen-bond acceptors (Lipinski definition) is 3. The molecule has 0 bridgehead atoms. The second-order valence-corrected chi connectivity index (χ2v) is 5.93. The topological polar surface area (TPSA) is 74.8 Å². The average molecular weight is 310 g/mol. The van der Waals surface area contributed by atoms with Crippen LogP contribution in [0.4, 0.5) is 4.79 Å². The van der Waals surface area contributed by atoms with Crippen LogP contribution in [0.15, 0.2) is 17.1 Å². The van der Waals surface area contributed by atoms with E-state index in [9.17, 15) is 4.79 Å². The molecule has 3 N–H and O–H groups in total. The van der Waals surface area contributed by atoms with Gasteiger partial charge in [0.2, 0.25) is 0 Å². The Hall–Kier alpha value is -1.72. The van der Waals surface area contributed by atoms with Crippen molar-refractivity contribution in [3.05, 3.63) is 12.2 Å². The van der Waals surface area contributed by atoms with Gasteiger partial charge in [-0.1, -0.05) is 26.0 Å². The van der Waals surface area contributed by atoms with Gasteiger partial charge >= 0.3 is 6.09 Å². The molecule has 0 aromatic rings. The Kier molecular flexibility index (Phi) is 8.40. The lowest BCUT2D eigenvalue weighted by Gasteiger charge is -2.23. The van der Waals surface area contributed by atoms with Gasteiger partial charge in [0.25, 0.3) is 0 Å². The van der Waals surface area contributed by atoms with Gasteiger partial charge in [0.1, 0.15) is 0 Å². The van der Waals surface area contributed by atoms with Crippen LogP contribution in [0.1, 0.15) is 40.0 Å². The standard InChI is InChI=1S/C16H30N4O2/c1-5-22-16(21)20-14(10-12(2)3)11-18-15(17-4)19-13-8-6-7-9-13/h6-7,12-14H,5,8-11H2,1-4H3,(H,20,21)(H2,17,18,19). The minimum Gasteiger partial charge on any atom is -0.450 e. The van der Waals surface area contributed by atoms with E-state index in [1.54, 1.807) is 14.0 Å². The van der Waals surface area contributed by atoms with Crippen LogP contribution >= 0.6 is 0 Å². The van der Waals surface area contributed by atoms with Crippen LogP contribution in [0.5, 0.6) is 0 Å². The molecule has 0 radical (unpaired) electrons. The lowest BCUT2D eigenvalue weighted by Crippen LogP contribution is -2.49. The Morgan fingerprint density at radius 2 is 2.05 bits per heavy atom. The van der Waals surface area contributed by atoms with Crippen LogP contribution in [0, 0.1) is 5.92 Å². The van der Waals surface area contributed by atoms with Crippen LogP contribution < -0.4 is 16.0 Å². The molecule has 6 heteroatoms. The number of rotatable bonds is 7. The second kappa shape index (κ2) is 10.1. The Morgan fingerprint density at radius 1 is 1.36 bits per heavy atom. The van der Waals surface area contributed by atoms with E-state index >= 15 is 0 Å². The molecule has 0 aromatic carbocycles. The summed E-state index contributed by atoms with van der Waals surface area (Å²) in [6.45, 7) is 7.08. The van der Waals surface area contributed by atoms with Gasteiger partial charge in [-0.15, -0.1) is 0 Å². The molecule has 0 saturated carbocycles. The third-order valence-electron chi connectivity index (χ3n) is 3.44. The number of hydrogen-bond donors (Lipinski definition) is 3. The molecular weight excluding hydrogens is 280 g/mol. The Morgan fingerprint density at radius 3 is 2.59 bits per heavy atom. The fraction of sp³-hybridized carbons (Fsp3) is 0.750. The van der Waals surface area contributed by atoms with E-state index in [1.165, 1.54) is 0 Å². The van der Waals surface area contributed by atoms with E-state index in [1.807, 2.05) is 0 Å². The van der Waals surface area contributed by atoms with Gasteiger partial charge in [0.15, 0.2) is 5.96 Å². The average Bonchev–Trinajstić information content (AvgIpc) is 2.95. The van der Waals surface area contributed by atoms with Crippen molar-refractivity contribution in [2.45, 2.75) is 52.1 Å². The second-order valence-electron chi connectivity index (χ2n) is 5.93. The summed E-state index contributed by atoms with van der Waals surface area (Å²) in [6.07, 6.45) is 6.92.